The van der Waals surface area contributed by atoms with Crippen molar-refractivity contribution >= 4 is 0 Å². The highest BCUT2D eigenvalue weighted by Gasteiger charge is 2.08. The summed E-state index contributed by atoms with van der Waals surface area (Å²) in [7, 11) is 0. The number of nitrogens with two attached hydrogens (primary N) is 1. The second-order valence-electron chi connectivity index (χ2n) is 4.33. The molecule has 0 aromatic heterocycles. The van der Waals surface area contributed by atoms with Crippen molar-refractivity contribution in [2.45, 2.75) is 19.9 Å². The van der Waals surface area contributed by atoms with Gasteiger partial charge in [-0.3, -0.25) is 0 Å². The van der Waals surface area contributed by atoms with Gasteiger partial charge in [-0.15, -0.1) is 0 Å². The molecule has 0 amide bonds. The molecule has 3 heteroatoms. The maximum Gasteiger partial charge on any atom is 0.132 e. The van der Waals surface area contributed by atoms with Gasteiger partial charge in [0.05, 0.1) is 6.61 Å². The van der Waals surface area contributed by atoms with Crippen LogP contribution in [0.5, 0.6) is 17.2 Å². The van der Waals surface area contributed by atoms with Gasteiger partial charge in [-0.1, -0.05) is 18.2 Å². The molecule has 0 aliphatic heterocycles. The van der Waals surface area contributed by atoms with E-state index in [4.69, 9.17) is 15.2 Å². The maximum absolute atomic E-state index is 5.93. The average molecular weight is 257 g/mol. The molecule has 2 aromatic rings. The minimum Gasteiger partial charge on any atom is -0.494 e. The fourth-order valence-electron chi connectivity index (χ4n) is 1.85. The van der Waals surface area contributed by atoms with E-state index < -0.39 is 0 Å². The molecule has 2 aromatic carbocycles. The highest BCUT2D eigenvalue weighted by atomic mass is 16.5. The van der Waals surface area contributed by atoms with Gasteiger partial charge < -0.3 is 15.2 Å². The minimum absolute atomic E-state index is 0.0566. The van der Waals surface area contributed by atoms with E-state index in [1.165, 1.54) is 0 Å². The first-order chi connectivity index (χ1) is 9.20. The van der Waals surface area contributed by atoms with Crippen molar-refractivity contribution < 1.29 is 9.47 Å². The number of rotatable bonds is 5. The molecule has 100 valence electrons. The third-order valence-electron chi connectivity index (χ3n) is 2.77. The van der Waals surface area contributed by atoms with Gasteiger partial charge >= 0.3 is 0 Å². The first-order valence-electron chi connectivity index (χ1n) is 6.46. The summed E-state index contributed by atoms with van der Waals surface area (Å²) in [4.78, 5) is 0. The third-order valence-corrected chi connectivity index (χ3v) is 2.77. The Kier molecular flexibility index (Phi) is 4.42. The van der Waals surface area contributed by atoms with E-state index in [-0.39, 0.29) is 6.04 Å². The molecular formula is C16H19NO2. The molecule has 0 saturated heterocycles. The van der Waals surface area contributed by atoms with Gasteiger partial charge in [0.1, 0.15) is 17.2 Å². The van der Waals surface area contributed by atoms with Gasteiger partial charge in [0.2, 0.25) is 0 Å². The molecule has 3 nitrogen and oxygen atoms in total. The van der Waals surface area contributed by atoms with Gasteiger partial charge in [0, 0.05) is 11.6 Å². The van der Waals surface area contributed by atoms with Gasteiger partial charge in [0.15, 0.2) is 0 Å². The van der Waals surface area contributed by atoms with E-state index >= 15 is 0 Å². The lowest BCUT2D eigenvalue weighted by Gasteiger charge is -2.13. The summed E-state index contributed by atoms with van der Waals surface area (Å²) in [5, 5.41) is 0. The van der Waals surface area contributed by atoms with E-state index in [1.54, 1.807) is 0 Å². The van der Waals surface area contributed by atoms with Crippen molar-refractivity contribution in [3.05, 3.63) is 54.1 Å². The lowest BCUT2D eigenvalue weighted by atomic mass is 10.1. The van der Waals surface area contributed by atoms with Crippen LogP contribution in [0.15, 0.2) is 48.5 Å². The Labute approximate surface area is 114 Å². The van der Waals surface area contributed by atoms with Gasteiger partial charge in [-0.25, -0.2) is 0 Å². The highest BCUT2D eigenvalue weighted by molar-refractivity contribution is 5.40. The van der Waals surface area contributed by atoms with Crippen molar-refractivity contribution in [3.63, 3.8) is 0 Å². The van der Waals surface area contributed by atoms with E-state index in [0.29, 0.717) is 6.61 Å². The van der Waals surface area contributed by atoms with Crippen LogP contribution in [-0.4, -0.2) is 6.61 Å². The molecule has 0 radical (unpaired) electrons. The van der Waals surface area contributed by atoms with E-state index in [2.05, 4.69) is 0 Å². The maximum atomic E-state index is 5.93. The Hall–Kier alpha value is -2.00. The van der Waals surface area contributed by atoms with Crippen molar-refractivity contribution in [1.29, 1.82) is 0 Å². The minimum atomic E-state index is -0.0566. The van der Waals surface area contributed by atoms with Crippen LogP contribution in [0.4, 0.5) is 0 Å². The second-order valence-corrected chi connectivity index (χ2v) is 4.33. The largest absolute Gasteiger partial charge is 0.494 e. The number of hydrogen-bond acceptors (Lipinski definition) is 3. The summed E-state index contributed by atoms with van der Waals surface area (Å²) in [6, 6.07) is 15.3. The SMILES string of the molecule is CCOc1ccc(Oc2ccccc2C(C)N)cc1. The Morgan fingerprint density at radius 3 is 2.26 bits per heavy atom. The molecule has 0 aliphatic carbocycles. The molecule has 1 unspecified atom stereocenters. The zero-order valence-corrected chi connectivity index (χ0v) is 11.3. The van der Waals surface area contributed by atoms with Crippen molar-refractivity contribution in [3.8, 4) is 17.2 Å². The zero-order chi connectivity index (χ0) is 13.7. The van der Waals surface area contributed by atoms with Crippen molar-refractivity contribution in [1.82, 2.24) is 0 Å². The predicted molar refractivity (Wildman–Crippen MR) is 76.7 cm³/mol. The topological polar surface area (TPSA) is 44.5 Å². The lowest BCUT2D eigenvalue weighted by Crippen LogP contribution is -2.06. The number of ether oxygens (including phenoxy) is 2. The summed E-state index contributed by atoms with van der Waals surface area (Å²) in [6.07, 6.45) is 0. The van der Waals surface area contributed by atoms with E-state index in [0.717, 1.165) is 22.8 Å². The normalized spacial score (nSPS) is 11.9. The Morgan fingerprint density at radius 2 is 1.63 bits per heavy atom. The van der Waals surface area contributed by atoms with E-state index in [1.807, 2.05) is 62.4 Å². The third kappa shape index (κ3) is 3.48. The average Bonchev–Trinajstić information content (AvgIpc) is 2.42. The van der Waals surface area contributed by atoms with Crippen LogP contribution in [0, 0.1) is 0 Å². The molecule has 2 N–H and O–H groups in total. The summed E-state index contributed by atoms with van der Waals surface area (Å²) < 4.78 is 11.3. The molecule has 0 saturated carbocycles. The Bertz CT molecular complexity index is 521. The molecule has 1 atom stereocenters. The zero-order valence-electron chi connectivity index (χ0n) is 11.3. The van der Waals surface area contributed by atoms with Crippen molar-refractivity contribution in [2.24, 2.45) is 5.73 Å². The predicted octanol–water partition coefficient (Wildman–Crippen LogP) is 3.90. The van der Waals surface area contributed by atoms with Crippen LogP contribution >= 0.6 is 0 Å². The van der Waals surface area contributed by atoms with Crippen LogP contribution < -0.4 is 15.2 Å². The van der Waals surface area contributed by atoms with Gasteiger partial charge in [-0.05, 0) is 44.2 Å². The molecule has 0 heterocycles. The molecule has 0 fully saturated rings. The Morgan fingerprint density at radius 1 is 1.00 bits per heavy atom. The number of benzene rings is 2. The first-order valence-corrected chi connectivity index (χ1v) is 6.46. The van der Waals surface area contributed by atoms with Crippen LogP contribution in [0.25, 0.3) is 0 Å². The second kappa shape index (κ2) is 6.25. The van der Waals surface area contributed by atoms with E-state index in [9.17, 15) is 0 Å². The molecule has 0 aliphatic rings. The summed E-state index contributed by atoms with van der Waals surface area (Å²) in [6.45, 7) is 4.57. The molecule has 0 bridgehead atoms. The first kappa shape index (κ1) is 13.4. The molecule has 2 rings (SSSR count). The van der Waals surface area contributed by atoms with Gasteiger partial charge in [0.25, 0.3) is 0 Å². The highest BCUT2D eigenvalue weighted by Crippen LogP contribution is 2.29. The number of para-hydroxylation sites is 1. The van der Waals surface area contributed by atoms with Crippen LogP contribution in [0.1, 0.15) is 25.5 Å². The molecule has 19 heavy (non-hydrogen) atoms. The fourth-order valence-corrected chi connectivity index (χ4v) is 1.85. The van der Waals surface area contributed by atoms with Crippen LogP contribution in [-0.2, 0) is 0 Å². The quantitative estimate of drug-likeness (QED) is 0.883. The summed E-state index contributed by atoms with van der Waals surface area (Å²) in [5.41, 5.74) is 6.93. The fraction of sp³-hybridized carbons (Fsp3) is 0.250. The standard InChI is InChI=1S/C16H19NO2/c1-3-18-13-8-10-14(11-9-13)19-16-7-5-4-6-15(16)12(2)17/h4-12H,3,17H2,1-2H3. The lowest BCUT2D eigenvalue weighted by molar-refractivity contribution is 0.339. The summed E-state index contributed by atoms with van der Waals surface area (Å²) >= 11 is 0. The summed E-state index contributed by atoms with van der Waals surface area (Å²) in [5.74, 6) is 2.41. The van der Waals surface area contributed by atoms with Crippen LogP contribution in [0.3, 0.4) is 0 Å². The Balaban J connectivity index is 2.17. The monoisotopic (exact) mass is 257 g/mol. The van der Waals surface area contributed by atoms with Crippen LogP contribution in [0.2, 0.25) is 0 Å². The number of hydrogen-bond donors (Lipinski definition) is 1. The molecule has 0 spiro atoms. The smallest absolute Gasteiger partial charge is 0.132 e. The van der Waals surface area contributed by atoms with Crippen molar-refractivity contribution in [2.75, 3.05) is 6.61 Å². The molecular weight excluding hydrogens is 238 g/mol. The van der Waals surface area contributed by atoms with Gasteiger partial charge in [-0.2, -0.15) is 0 Å².